The monoisotopic (exact) mass is 359 g/mol. The van der Waals surface area contributed by atoms with E-state index in [1.807, 2.05) is 5.32 Å². The molecule has 1 aliphatic rings. The van der Waals surface area contributed by atoms with Crippen molar-refractivity contribution in [3.05, 3.63) is 45.5 Å². The highest BCUT2D eigenvalue weighted by atomic mass is 35.5. The van der Waals surface area contributed by atoms with Gasteiger partial charge < -0.3 is 14.6 Å². The fourth-order valence-electron chi connectivity index (χ4n) is 2.05. The summed E-state index contributed by atoms with van der Waals surface area (Å²) in [5, 5.41) is 11.2. The standard InChI is InChI=1S/C14H11Cl2NO6/c1-6(18)22-10-11(19)14(2,23-12(10)17-13(20)21)7-3-8(15)5-9(16)4-7/h3-5,17H,1-2H3,(H,20,21). The predicted molar refractivity (Wildman–Crippen MR) is 79.9 cm³/mol. The van der Waals surface area contributed by atoms with Gasteiger partial charge in [0, 0.05) is 22.5 Å². The summed E-state index contributed by atoms with van der Waals surface area (Å²) in [6.45, 7) is 2.46. The molecule has 1 amide bonds. The smallest absolute Gasteiger partial charge is 0.411 e. The summed E-state index contributed by atoms with van der Waals surface area (Å²) in [6, 6.07) is 4.35. The zero-order valence-corrected chi connectivity index (χ0v) is 13.5. The van der Waals surface area contributed by atoms with Crippen molar-refractivity contribution in [3.8, 4) is 0 Å². The number of ether oxygens (including phenoxy) is 2. The predicted octanol–water partition coefficient (Wildman–Crippen LogP) is 2.81. The van der Waals surface area contributed by atoms with Gasteiger partial charge in [-0.3, -0.25) is 14.9 Å². The summed E-state index contributed by atoms with van der Waals surface area (Å²) >= 11 is 11.8. The highest BCUT2D eigenvalue weighted by molar-refractivity contribution is 6.34. The van der Waals surface area contributed by atoms with Gasteiger partial charge in [-0.2, -0.15) is 0 Å². The number of esters is 1. The van der Waals surface area contributed by atoms with Crippen LogP contribution in [0.15, 0.2) is 29.8 Å². The maximum absolute atomic E-state index is 12.6. The highest BCUT2D eigenvalue weighted by Gasteiger charge is 2.50. The van der Waals surface area contributed by atoms with Crippen LogP contribution in [0.25, 0.3) is 0 Å². The number of amides is 1. The molecule has 1 aliphatic heterocycles. The largest absolute Gasteiger partial charge is 0.465 e. The minimum absolute atomic E-state index is 0.263. The highest BCUT2D eigenvalue weighted by Crippen LogP contribution is 2.40. The van der Waals surface area contributed by atoms with Gasteiger partial charge in [0.05, 0.1) is 0 Å². The molecule has 0 radical (unpaired) electrons. The van der Waals surface area contributed by atoms with E-state index in [4.69, 9.17) is 37.8 Å². The number of nitrogens with one attached hydrogen (secondary N) is 1. The van der Waals surface area contributed by atoms with Gasteiger partial charge in [0.25, 0.3) is 5.78 Å². The van der Waals surface area contributed by atoms with Gasteiger partial charge in [-0.05, 0) is 25.1 Å². The molecule has 0 aliphatic carbocycles. The lowest BCUT2D eigenvalue weighted by Crippen LogP contribution is -2.32. The van der Waals surface area contributed by atoms with Crippen molar-refractivity contribution in [1.29, 1.82) is 0 Å². The molecule has 1 aromatic carbocycles. The van der Waals surface area contributed by atoms with Crippen molar-refractivity contribution in [2.75, 3.05) is 0 Å². The Balaban J connectivity index is 2.49. The summed E-state index contributed by atoms with van der Waals surface area (Å²) < 4.78 is 10.2. The van der Waals surface area contributed by atoms with Crippen molar-refractivity contribution < 1.29 is 29.0 Å². The van der Waals surface area contributed by atoms with Crippen LogP contribution in [0, 0.1) is 0 Å². The molecular weight excluding hydrogens is 349 g/mol. The van der Waals surface area contributed by atoms with Gasteiger partial charge in [0.2, 0.25) is 11.6 Å². The molecule has 1 aromatic rings. The van der Waals surface area contributed by atoms with Crippen LogP contribution in [-0.2, 0) is 24.7 Å². The Labute approximate surface area is 140 Å². The van der Waals surface area contributed by atoms with E-state index in [-0.39, 0.29) is 15.6 Å². The summed E-state index contributed by atoms with van der Waals surface area (Å²) in [4.78, 5) is 34.6. The average Bonchev–Trinajstić information content (AvgIpc) is 2.62. The third-order valence-corrected chi connectivity index (χ3v) is 3.47. The number of benzene rings is 1. The number of ketones is 1. The zero-order valence-electron chi connectivity index (χ0n) is 12.0. The minimum Gasteiger partial charge on any atom is -0.465 e. The Morgan fingerprint density at radius 1 is 1.26 bits per heavy atom. The summed E-state index contributed by atoms with van der Waals surface area (Å²) in [5.74, 6) is -2.54. The maximum Gasteiger partial charge on any atom is 0.411 e. The molecule has 0 aromatic heterocycles. The molecule has 0 fully saturated rings. The number of carbonyl (C=O) groups excluding carboxylic acids is 2. The van der Waals surface area contributed by atoms with Gasteiger partial charge in [-0.25, -0.2) is 4.79 Å². The van der Waals surface area contributed by atoms with E-state index in [0.717, 1.165) is 6.92 Å². The summed E-state index contributed by atoms with van der Waals surface area (Å²) in [7, 11) is 0. The van der Waals surface area contributed by atoms with Gasteiger partial charge in [-0.15, -0.1) is 0 Å². The number of Topliss-reactive ketones (excluding diaryl/α,β-unsaturated/α-hetero) is 1. The molecule has 1 heterocycles. The van der Waals surface area contributed by atoms with Crippen molar-refractivity contribution >= 4 is 41.0 Å². The molecule has 1 atom stereocenters. The Kier molecular flexibility index (Phi) is 4.53. The number of carboxylic acid groups (broad SMARTS) is 1. The molecule has 1 unspecified atom stereocenters. The molecule has 7 nitrogen and oxygen atoms in total. The van der Waals surface area contributed by atoms with E-state index >= 15 is 0 Å². The SMILES string of the molecule is CC(=O)OC1=C(NC(=O)O)OC(C)(c2cc(Cl)cc(Cl)c2)C1=O. The van der Waals surface area contributed by atoms with Crippen LogP contribution in [0.2, 0.25) is 10.0 Å². The lowest BCUT2D eigenvalue weighted by atomic mass is 9.91. The first-order valence-electron chi connectivity index (χ1n) is 6.26. The second-order valence-corrected chi connectivity index (χ2v) is 5.68. The molecule has 0 spiro atoms. The van der Waals surface area contributed by atoms with Gasteiger partial charge in [0.15, 0.2) is 5.60 Å². The molecule has 0 bridgehead atoms. The van der Waals surface area contributed by atoms with Crippen LogP contribution in [-0.4, -0.2) is 23.0 Å². The zero-order chi connectivity index (χ0) is 17.4. The lowest BCUT2D eigenvalue weighted by Gasteiger charge is -2.23. The van der Waals surface area contributed by atoms with Crippen LogP contribution in [0.3, 0.4) is 0 Å². The maximum atomic E-state index is 12.6. The topological polar surface area (TPSA) is 102 Å². The first-order chi connectivity index (χ1) is 10.6. The van der Waals surface area contributed by atoms with Crippen LogP contribution in [0.5, 0.6) is 0 Å². The summed E-state index contributed by atoms with van der Waals surface area (Å²) in [5.41, 5.74) is -1.36. The Hall–Kier alpha value is -2.25. The second-order valence-electron chi connectivity index (χ2n) is 4.80. The van der Waals surface area contributed by atoms with E-state index in [2.05, 4.69) is 0 Å². The van der Waals surface area contributed by atoms with Crippen LogP contribution in [0.4, 0.5) is 4.79 Å². The molecule has 0 saturated carbocycles. The van der Waals surface area contributed by atoms with E-state index < -0.39 is 35.1 Å². The first-order valence-corrected chi connectivity index (χ1v) is 7.02. The Morgan fingerprint density at radius 2 is 1.83 bits per heavy atom. The van der Waals surface area contributed by atoms with Crippen LogP contribution >= 0.6 is 23.2 Å². The normalized spacial score (nSPS) is 20.3. The van der Waals surface area contributed by atoms with Crippen molar-refractivity contribution in [2.45, 2.75) is 19.4 Å². The Bertz CT molecular complexity index is 725. The number of hydrogen-bond acceptors (Lipinski definition) is 5. The molecule has 9 heteroatoms. The van der Waals surface area contributed by atoms with Crippen molar-refractivity contribution in [1.82, 2.24) is 5.32 Å². The first kappa shape index (κ1) is 17.1. The second kappa shape index (κ2) is 6.10. The molecule has 23 heavy (non-hydrogen) atoms. The number of rotatable bonds is 3. The van der Waals surface area contributed by atoms with Crippen LogP contribution < -0.4 is 5.32 Å². The van der Waals surface area contributed by atoms with E-state index in [0.29, 0.717) is 0 Å². The fraction of sp³-hybridized carbons (Fsp3) is 0.214. The van der Waals surface area contributed by atoms with Crippen molar-refractivity contribution in [2.24, 2.45) is 0 Å². The van der Waals surface area contributed by atoms with E-state index in [1.165, 1.54) is 25.1 Å². The van der Waals surface area contributed by atoms with Crippen LogP contribution in [0.1, 0.15) is 19.4 Å². The molecule has 122 valence electrons. The lowest BCUT2D eigenvalue weighted by molar-refractivity contribution is -0.142. The average molecular weight is 360 g/mol. The third-order valence-electron chi connectivity index (χ3n) is 3.03. The fourth-order valence-corrected chi connectivity index (χ4v) is 2.58. The van der Waals surface area contributed by atoms with E-state index in [1.54, 1.807) is 0 Å². The van der Waals surface area contributed by atoms with E-state index in [9.17, 15) is 14.4 Å². The molecule has 2 rings (SSSR count). The third kappa shape index (κ3) is 3.40. The van der Waals surface area contributed by atoms with Crippen molar-refractivity contribution in [3.63, 3.8) is 0 Å². The number of carbonyl (C=O) groups is 3. The van der Waals surface area contributed by atoms with Gasteiger partial charge >= 0.3 is 12.1 Å². The summed E-state index contributed by atoms with van der Waals surface area (Å²) in [6.07, 6.45) is -1.48. The molecular formula is C14H11Cl2NO6. The minimum atomic E-state index is -1.64. The quantitative estimate of drug-likeness (QED) is 0.804. The number of halogens is 2. The number of hydrogen-bond donors (Lipinski definition) is 2. The molecule has 0 saturated heterocycles. The van der Waals surface area contributed by atoms with Gasteiger partial charge in [0.1, 0.15) is 0 Å². The Morgan fingerprint density at radius 3 is 2.30 bits per heavy atom. The van der Waals surface area contributed by atoms with Gasteiger partial charge in [-0.1, -0.05) is 23.2 Å². The molecule has 2 N–H and O–H groups in total.